The maximum absolute atomic E-state index is 11.5. The number of nitrogens with zero attached hydrogens (tertiary/aromatic N) is 1. The minimum Gasteiger partial charge on any atom is -0.466 e. The Bertz CT molecular complexity index is 206. The molecule has 4 heteroatoms. The molecule has 0 aromatic heterocycles. The first kappa shape index (κ1) is 12.5. The molecule has 2 atom stereocenters. The second-order valence-corrected chi connectivity index (χ2v) is 4.20. The van der Waals surface area contributed by atoms with Gasteiger partial charge in [-0.05, 0) is 33.2 Å². The van der Waals surface area contributed by atoms with E-state index in [1.807, 2.05) is 6.92 Å². The second-order valence-electron chi connectivity index (χ2n) is 4.20. The monoisotopic (exact) mass is 215 g/mol. The van der Waals surface area contributed by atoms with Gasteiger partial charge in [0.1, 0.15) is 0 Å². The molecule has 1 aliphatic heterocycles. The van der Waals surface area contributed by atoms with Gasteiger partial charge in [0.2, 0.25) is 0 Å². The molecule has 0 spiro atoms. The van der Waals surface area contributed by atoms with Gasteiger partial charge in [0.15, 0.2) is 0 Å². The van der Waals surface area contributed by atoms with Gasteiger partial charge < -0.3 is 9.84 Å². The third-order valence-corrected chi connectivity index (χ3v) is 2.65. The predicted molar refractivity (Wildman–Crippen MR) is 57.5 cm³/mol. The number of esters is 1. The number of hydrogen-bond donors (Lipinski definition) is 1. The molecule has 4 nitrogen and oxygen atoms in total. The van der Waals surface area contributed by atoms with Crippen LogP contribution < -0.4 is 0 Å². The Kier molecular flexibility index (Phi) is 5.05. The van der Waals surface area contributed by atoms with E-state index in [9.17, 15) is 9.90 Å². The summed E-state index contributed by atoms with van der Waals surface area (Å²) in [6.45, 7) is 6.40. The van der Waals surface area contributed by atoms with Gasteiger partial charge in [-0.1, -0.05) is 0 Å². The highest BCUT2D eigenvalue weighted by Crippen LogP contribution is 2.17. The number of aliphatic hydroxyl groups excluding tert-OH is 1. The fourth-order valence-electron chi connectivity index (χ4n) is 2.05. The molecule has 0 bridgehead atoms. The van der Waals surface area contributed by atoms with Gasteiger partial charge in [-0.2, -0.15) is 0 Å². The van der Waals surface area contributed by atoms with Crippen molar-refractivity contribution in [2.75, 3.05) is 26.2 Å². The van der Waals surface area contributed by atoms with Crippen LogP contribution in [0.1, 0.15) is 26.7 Å². The Morgan fingerprint density at radius 3 is 3.00 bits per heavy atom. The van der Waals surface area contributed by atoms with Crippen LogP contribution >= 0.6 is 0 Å². The van der Waals surface area contributed by atoms with Crippen LogP contribution in [0.15, 0.2) is 0 Å². The molecule has 0 amide bonds. The van der Waals surface area contributed by atoms with Gasteiger partial charge in [-0.3, -0.25) is 9.69 Å². The van der Waals surface area contributed by atoms with Crippen LogP contribution in [0.25, 0.3) is 0 Å². The van der Waals surface area contributed by atoms with Crippen molar-refractivity contribution in [2.24, 2.45) is 5.92 Å². The van der Waals surface area contributed by atoms with E-state index in [4.69, 9.17) is 4.74 Å². The third kappa shape index (κ3) is 4.18. The number of aliphatic hydroxyl groups is 1. The Hall–Kier alpha value is -0.610. The summed E-state index contributed by atoms with van der Waals surface area (Å²) in [7, 11) is 0. The lowest BCUT2D eigenvalue weighted by molar-refractivity contribution is -0.150. The molecule has 1 fully saturated rings. The zero-order valence-corrected chi connectivity index (χ0v) is 9.61. The van der Waals surface area contributed by atoms with Crippen molar-refractivity contribution in [1.82, 2.24) is 4.90 Å². The molecule has 0 radical (unpaired) electrons. The van der Waals surface area contributed by atoms with E-state index in [2.05, 4.69) is 4.90 Å². The third-order valence-electron chi connectivity index (χ3n) is 2.65. The van der Waals surface area contributed by atoms with Gasteiger partial charge in [-0.15, -0.1) is 0 Å². The number of β-amino-alcohol motifs (C(OH)–C–C–N with tert-alkyl or cyclic N) is 1. The first-order valence-electron chi connectivity index (χ1n) is 5.70. The van der Waals surface area contributed by atoms with E-state index in [1.165, 1.54) is 0 Å². The van der Waals surface area contributed by atoms with E-state index >= 15 is 0 Å². The molecule has 1 unspecified atom stereocenters. The Balaban J connectivity index is 2.38. The van der Waals surface area contributed by atoms with Crippen molar-refractivity contribution in [3.63, 3.8) is 0 Å². The molecule has 1 heterocycles. The minimum atomic E-state index is -0.328. The fourth-order valence-corrected chi connectivity index (χ4v) is 2.05. The Labute approximate surface area is 91.2 Å². The highest BCUT2D eigenvalue weighted by Gasteiger charge is 2.26. The first-order valence-corrected chi connectivity index (χ1v) is 5.70. The topological polar surface area (TPSA) is 49.8 Å². The highest BCUT2D eigenvalue weighted by molar-refractivity contribution is 5.72. The normalized spacial score (nSPS) is 24.9. The summed E-state index contributed by atoms with van der Waals surface area (Å²) in [6.07, 6.45) is 1.59. The van der Waals surface area contributed by atoms with Crippen LogP contribution in [0.3, 0.4) is 0 Å². The van der Waals surface area contributed by atoms with E-state index in [0.29, 0.717) is 13.2 Å². The van der Waals surface area contributed by atoms with Crippen molar-refractivity contribution in [3.05, 3.63) is 0 Å². The second kappa shape index (κ2) is 6.08. The lowest BCUT2D eigenvalue weighted by Gasteiger charge is -2.32. The number of piperidine rings is 1. The zero-order valence-electron chi connectivity index (χ0n) is 9.61. The largest absolute Gasteiger partial charge is 0.466 e. The number of rotatable bonds is 4. The molecule has 1 N–H and O–H groups in total. The summed E-state index contributed by atoms with van der Waals surface area (Å²) in [6, 6.07) is 0. The van der Waals surface area contributed by atoms with Gasteiger partial charge in [0.05, 0.1) is 18.6 Å². The maximum atomic E-state index is 11.5. The fraction of sp³-hybridized carbons (Fsp3) is 0.909. The molecular formula is C11H21NO3. The molecule has 0 saturated carbocycles. The summed E-state index contributed by atoms with van der Waals surface area (Å²) < 4.78 is 5.01. The van der Waals surface area contributed by atoms with Crippen LogP contribution in [0, 0.1) is 5.92 Å². The smallest absolute Gasteiger partial charge is 0.310 e. The van der Waals surface area contributed by atoms with Gasteiger partial charge >= 0.3 is 5.97 Å². The minimum absolute atomic E-state index is 0.00236. The summed E-state index contributed by atoms with van der Waals surface area (Å²) in [5, 5.41) is 9.28. The summed E-state index contributed by atoms with van der Waals surface area (Å²) in [5.74, 6) is -0.0924. The van der Waals surface area contributed by atoms with Crippen molar-refractivity contribution in [1.29, 1.82) is 0 Å². The average Bonchev–Trinajstić information content (AvgIpc) is 2.17. The number of likely N-dealkylation sites (tertiary alicyclic amines) is 1. The molecule has 15 heavy (non-hydrogen) atoms. The number of carbonyl (C=O) groups is 1. The van der Waals surface area contributed by atoms with Crippen molar-refractivity contribution >= 4 is 5.97 Å². The van der Waals surface area contributed by atoms with Crippen LogP contribution in [-0.4, -0.2) is 48.3 Å². The zero-order chi connectivity index (χ0) is 11.3. The van der Waals surface area contributed by atoms with Crippen molar-refractivity contribution in [2.45, 2.75) is 32.8 Å². The molecule has 1 rings (SSSR count). The summed E-state index contributed by atoms with van der Waals surface area (Å²) >= 11 is 0. The Morgan fingerprint density at radius 2 is 2.40 bits per heavy atom. The van der Waals surface area contributed by atoms with Crippen molar-refractivity contribution in [3.8, 4) is 0 Å². The summed E-state index contributed by atoms with van der Waals surface area (Å²) in [4.78, 5) is 13.7. The standard InChI is InChI=1S/C11H21NO3/c1-3-15-11(14)10-5-4-6-12(8-10)7-9(2)13/h9-10,13H,3-8H2,1-2H3/t9-,10?/m1/s1. The number of hydrogen-bond acceptors (Lipinski definition) is 4. The molecule has 1 saturated heterocycles. The molecule has 88 valence electrons. The van der Waals surface area contributed by atoms with Crippen LogP contribution in [0.2, 0.25) is 0 Å². The molecule has 0 aromatic rings. The van der Waals surface area contributed by atoms with E-state index in [-0.39, 0.29) is 18.0 Å². The first-order chi connectivity index (χ1) is 7.13. The van der Waals surface area contributed by atoms with E-state index in [1.54, 1.807) is 6.92 Å². The lowest BCUT2D eigenvalue weighted by Crippen LogP contribution is -2.42. The highest BCUT2D eigenvalue weighted by atomic mass is 16.5. The van der Waals surface area contributed by atoms with Gasteiger partial charge in [-0.25, -0.2) is 0 Å². The number of ether oxygens (including phenoxy) is 1. The van der Waals surface area contributed by atoms with Gasteiger partial charge in [0, 0.05) is 13.1 Å². The molecule has 1 aliphatic rings. The van der Waals surface area contributed by atoms with Gasteiger partial charge in [0.25, 0.3) is 0 Å². The van der Waals surface area contributed by atoms with E-state index < -0.39 is 0 Å². The van der Waals surface area contributed by atoms with Crippen LogP contribution in [-0.2, 0) is 9.53 Å². The molecular weight excluding hydrogens is 194 g/mol. The Morgan fingerprint density at radius 1 is 1.67 bits per heavy atom. The van der Waals surface area contributed by atoms with E-state index in [0.717, 1.165) is 25.9 Å². The lowest BCUT2D eigenvalue weighted by atomic mass is 9.98. The molecule has 0 aliphatic carbocycles. The maximum Gasteiger partial charge on any atom is 0.310 e. The van der Waals surface area contributed by atoms with Crippen molar-refractivity contribution < 1.29 is 14.6 Å². The van der Waals surface area contributed by atoms with Crippen LogP contribution in [0.5, 0.6) is 0 Å². The predicted octanol–water partition coefficient (Wildman–Crippen LogP) is 0.642. The SMILES string of the molecule is CCOC(=O)C1CCCN(C[C@@H](C)O)C1. The average molecular weight is 215 g/mol. The quantitative estimate of drug-likeness (QED) is 0.699. The summed E-state index contributed by atoms with van der Waals surface area (Å²) in [5.41, 5.74) is 0. The van der Waals surface area contributed by atoms with Crippen LogP contribution in [0.4, 0.5) is 0 Å². The number of carbonyl (C=O) groups excluding carboxylic acids is 1. The molecule has 0 aromatic carbocycles.